The van der Waals surface area contributed by atoms with Gasteiger partial charge in [-0.05, 0) is 18.2 Å². The van der Waals surface area contributed by atoms with Gasteiger partial charge < -0.3 is 18.7 Å². The first kappa shape index (κ1) is 12.6. The fraction of sp³-hybridized carbons (Fsp3) is 0.0769. The zero-order valence-electron chi connectivity index (χ0n) is 10.1. The Morgan fingerprint density at radius 1 is 1.40 bits per heavy atom. The van der Waals surface area contributed by atoms with Gasteiger partial charge in [-0.1, -0.05) is 16.8 Å². The number of hydrogen-bond acceptors (Lipinski definition) is 5. The molecular weight excluding hydrogens is 284 g/mol. The number of rotatable bonds is 4. The molecule has 0 amide bonds. The predicted octanol–water partition coefficient (Wildman–Crippen LogP) is 3.27. The summed E-state index contributed by atoms with van der Waals surface area (Å²) in [6.07, 6.45) is 3.04. The quantitative estimate of drug-likeness (QED) is 0.746. The Kier molecular flexibility index (Phi) is 3.30. The average molecular weight is 293 g/mol. The number of nitrogens with zero attached hydrogens (tertiary/aromatic N) is 1. The molecule has 0 saturated carbocycles. The van der Waals surface area contributed by atoms with Crippen molar-refractivity contribution >= 4 is 17.6 Å². The molecule has 3 heterocycles. The SMILES string of the molecule is O=C(OCc1cc(-c2ccco2)on1)c1cc(Cl)c[nH]1. The van der Waals surface area contributed by atoms with Gasteiger partial charge in [-0.3, -0.25) is 0 Å². The van der Waals surface area contributed by atoms with Gasteiger partial charge >= 0.3 is 5.97 Å². The number of nitrogens with one attached hydrogen (secondary N) is 1. The van der Waals surface area contributed by atoms with Gasteiger partial charge in [0.1, 0.15) is 18.0 Å². The van der Waals surface area contributed by atoms with Crippen molar-refractivity contribution in [1.29, 1.82) is 0 Å². The van der Waals surface area contributed by atoms with Crippen LogP contribution in [0.2, 0.25) is 5.02 Å². The molecule has 1 N–H and O–H groups in total. The second-order valence-corrected chi connectivity index (χ2v) is 4.40. The van der Waals surface area contributed by atoms with Gasteiger partial charge in [0.15, 0.2) is 5.76 Å². The first-order chi connectivity index (χ1) is 9.72. The lowest BCUT2D eigenvalue weighted by Crippen LogP contribution is -2.05. The average Bonchev–Trinajstić information content (AvgIpc) is 3.16. The molecule has 102 valence electrons. The Morgan fingerprint density at radius 3 is 3.00 bits per heavy atom. The van der Waals surface area contributed by atoms with Crippen molar-refractivity contribution in [3.63, 3.8) is 0 Å². The summed E-state index contributed by atoms with van der Waals surface area (Å²) < 4.78 is 15.3. The van der Waals surface area contributed by atoms with E-state index in [1.807, 2.05) is 0 Å². The largest absolute Gasteiger partial charge is 0.461 e. The van der Waals surface area contributed by atoms with Crippen LogP contribution in [0.3, 0.4) is 0 Å². The topological polar surface area (TPSA) is 81.3 Å². The van der Waals surface area contributed by atoms with Crippen LogP contribution in [-0.4, -0.2) is 16.1 Å². The van der Waals surface area contributed by atoms with Crippen molar-refractivity contribution in [2.24, 2.45) is 0 Å². The number of aromatic nitrogens is 2. The highest BCUT2D eigenvalue weighted by atomic mass is 35.5. The lowest BCUT2D eigenvalue weighted by molar-refractivity contribution is 0.0458. The van der Waals surface area contributed by atoms with E-state index in [1.54, 1.807) is 18.2 Å². The molecule has 3 aromatic heterocycles. The minimum Gasteiger partial charge on any atom is -0.461 e. The highest BCUT2D eigenvalue weighted by Gasteiger charge is 2.13. The number of halogens is 1. The van der Waals surface area contributed by atoms with Crippen LogP contribution in [0.5, 0.6) is 0 Å². The lowest BCUT2D eigenvalue weighted by Gasteiger charge is -1.99. The van der Waals surface area contributed by atoms with E-state index >= 15 is 0 Å². The van der Waals surface area contributed by atoms with E-state index in [0.29, 0.717) is 22.2 Å². The molecule has 0 aliphatic heterocycles. The van der Waals surface area contributed by atoms with E-state index < -0.39 is 5.97 Å². The molecule has 20 heavy (non-hydrogen) atoms. The second-order valence-electron chi connectivity index (χ2n) is 3.97. The molecule has 3 rings (SSSR count). The minimum atomic E-state index is -0.514. The third-order valence-corrected chi connectivity index (χ3v) is 2.76. The van der Waals surface area contributed by atoms with Gasteiger partial charge in [-0.25, -0.2) is 4.79 Å². The van der Waals surface area contributed by atoms with E-state index in [2.05, 4.69) is 10.1 Å². The summed E-state index contributed by atoms with van der Waals surface area (Å²) in [6, 6.07) is 6.62. The first-order valence-corrected chi connectivity index (χ1v) is 6.10. The molecule has 0 fully saturated rings. The summed E-state index contributed by atoms with van der Waals surface area (Å²) in [5.74, 6) is 0.523. The second kappa shape index (κ2) is 5.26. The number of carbonyl (C=O) groups excluding carboxylic acids is 1. The summed E-state index contributed by atoms with van der Waals surface area (Å²) in [5.41, 5.74) is 0.771. The van der Waals surface area contributed by atoms with Crippen molar-refractivity contribution in [2.75, 3.05) is 0 Å². The molecule has 0 aliphatic carbocycles. The van der Waals surface area contributed by atoms with Gasteiger partial charge in [-0.15, -0.1) is 0 Å². The molecule has 0 atom stereocenters. The Hall–Kier alpha value is -2.47. The smallest absolute Gasteiger partial charge is 0.355 e. The maximum absolute atomic E-state index is 11.7. The monoisotopic (exact) mass is 292 g/mol. The van der Waals surface area contributed by atoms with Crippen molar-refractivity contribution in [3.8, 4) is 11.5 Å². The summed E-state index contributed by atoms with van der Waals surface area (Å²) in [6.45, 7) is -0.000317. The third-order valence-electron chi connectivity index (χ3n) is 2.54. The van der Waals surface area contributed by atoms with Crippen LogP contribution < -0.4 is 0 Å². The number of carbonyl (C=O) groups is 1. The number of hydrogen-bond donors (Lipinski definition) is 1. The molecule has 0 aromatic carbocycles. The molecule has 0 unspecified atom stereocenters. The Bertz CT molecular complexity index is 714. The summed E-state index contributed by atoms with van der Waals surface area (Å²) in [5, 5.41) is 4.24. The normalized spacial score (nSPS) is 10.7. The highest BCUT2D eigenvalue weighted by Crippen LogP contribution is 2.21. The predicted molar refractivity (Wildman–Crippen MR) is 69.1 cm³/mol. The van der Waals surface area contributed by atoms with E-state index in [9.17, 15) is 4.79 Å². The van der Waals surface area contributed by atoms with Crippen molar-refractivity contribution in [3.05, 3.63) is 53.1 Å². The molecule has 6 nitrogen and oxygen atoms in total. The number of aromatic amines is 1. The minimum absolute atomic E-state index is 0.000317. The first-order valence-electron chi connectivity index (χ1n) is 5.73. The summed E-state index contributed by atoms with van der Waals surface area (Å²) in [4.78, 5) is 14.4. The van der Waals surface area contributed by atoms with E-state index in [1.165, 1.54) is 18.5 Å². The van der Waals surface area contributed by atoms with E-state index in [-0.39, 0.29) is 12.3 Å². The van der Waals surface area contributed by atoms with Gasteiger partial charge in [-0.2, -0.15) is 0 Å². The summed E-state index contributed by atoms with van der Waals surface area (Å²) >= 11 is 5.71. The molecule has 3 aromatic rings. The standard InChI is InChI=1S/C13H9ClN2O4/c14-8-4-10(15-6-8)13(17)19-7-9-5-12(20-16-9)11-2-1-3-18-11/h1-6,15H,7H2. The zero-order chi connectivity index (χ0) is 13.9. The van der Waals surface area contributed by atoms with Crippen LogP contribution in [0.15, 0.2) is 45.7 Å². The van der Waals surface area contributed by atoms with Gasteiger partial charge in [0, 0.05) is 12.3 Å². The van der Waals surface area contributed by atoms with Gasteiger partial charge in [0.25, 0.3) is 0 Å². The van der Waals surface area contributed by atoms with Crippen molar-refractivity contribution in [2.45, 2.75) is 6.61 Å². The fourth-order valence-corrected chi connectivity index (χ4v) is 1.78. The van der Waals surface area contributed by atoms with Gasteiger partial charge in [0.05, 0.1) is 11.3 Å². The van der Waals surface area contributed by atoms with Crippen molar-refractivity contribution in [1.82, 2.24) is 10.1 Å². The number of H-pyrrole nitrogens is 1. The Balaban J connectivity index is 1.63. The number of ether oxygens (including phenoxy) is 1. The molecule has 0 aliphatic rings. The Morgan fingerprint density at radius 2 is 2.30 bits per heavy atom. The lowest BCUT2D eigenvalue weighted by atomic mass is 10.3. The van der Waals surface area contributed by atoms with Crippen LogP contribution in [0.1, 0.15) is 16.2 Å². The molecule has 0 radical (unpaired) electrons. The zero-order valence-corrected chi connectivity index (χ0v) is 10.9. The fourth-order valence-electron chi connectivity index (χ4n) is 1.62. The third kappa shape index (κ3) is 2.60. The van der Waals surface area contributed by atoms with Crippen LogP contribution >= 0.6 is 11.6 Å². The van der Waals surface area contributed by atoms with E-state index in [0.717, 1.165) is 0 Å². The molecule has 0 bridgehead atoms. The highest BCUT2D eigenvalue weighted by molar-refractivity contribution is 6.30. The van der Waals surface area contributed by atoms with Crippen LogP contribution in [0.25, 0.3) is 11.5 Å². The maximum Gasteiger partial charge on any atom is 0.355 e. The maximum atomic E-state index is 11.7. The van der Waals surface area contributed by atoms with Crippen LogP contribution in [-0.2, 0) is 11.3 Å². The number of furan rings is 1. The molecule has 7 heteroatoms. The Labute approximate surface area is 118 Å². The molecular formula is C13H9ClN2O4. The molecule has 0 spiro atoms. The van der Waals surface area contributed by atoms with Crippen LogP contribution in [0.4, 0.5) is 0 Å². The van der Waals surface area contributed by atoms with Crippen LogP contribution in [0, 0.1) is 0 Å². The summed E-state index contributed by atoms with van der Waals surface area (Å²) in [7, 11) is 0. The number of esters is 1. The van der Waals surface area contributed by atoms with Gasteiger partial charge in [0.2, 0.25) is 5.76 Å². The molecule has 0 saturated heterocycles. The van der Waals surface area contributed by atoms with E-state index in [4.69, 9.17) is 25.3 Å². The van der Waals surface area contributed by atoms with Crippen molar-refractivity contribution < 1.29 is 18.5 Å².